The SMILES string of the molecule is CCOC(=O)C1=C(OC)C=C[C@]1(C)CO[Si](C)(C)C(C)(C)C. The van der Waals surface area contributed by atoms with Crippen LogP contribution >= 0.6 is 0 Å². The number of ether oxygens (including phenoxy) is 2. The van der Waals surface area contributed by atoms with Gasteiger partial charge in [-0.1, -0.05) is 26.8 Å². The molecule has 0 N–H and O–H groups in total. The Morgan fingerprint density at radius 2 is 1.91 bits per heavy atom. The summed E-state index contributed by atoms with van der Waals surface area (Å²) in [4.78, 5) is 12.3. The Balaban J connectivity index is 2.99. The monoisotopic (exact) mass is 326 g/mol. The van der Waals surface area contributed by atoms with Gasteiger partial charge in [0.2, 0.25) is 0 Å². The Labute approximate surface area is 135 Å². The van der Waals surface area contributed by atoms with Gasteiger partial charge in [-0.2, -0.15) is 0 Å². The first-order valence-corrected chi connectivity index (χ1v) is 10.7. The lowest BCUT2D eigenvalue weighted by molar-refractivity contribution is -0.139. The highest BCUT2D eigenvalue weighted by molar-refractivity contribution is 6.74. The van der Waals surface area contributed by atoms with Crippen molar-refractivity contribution in [2.75, 3.05) is 20.3 Å². The molecule has 22 heavy (non-hydrogen) atoms. The van der Waals surface area contributed by atoms with Crippen LogP contribution in [0.15, 0.2) is 23.5 Å². The van der Waals surface area contributed by atoms with Crippen molar-refractivity contribution in [1.29, 1.82) is 0 Å². The average molecular weight is 327 g/mol. The van der Waals surface area contributed by atoms with Crippen LogP contribution in [-0.4, -0.2) is 34.6 Å². The van der Waals surface area contributed by atoms with Gasteiger partial charge < -0.3 is 13.9 Å². The van der Waals surface area contributed by atoms with E-state index in [4.69, 9.17) is 13.9 Å². The molecule has 0 spiro atoms. The summed E-state index contributed by atoms with van der Waals surface area (Å²) in [6.45, 7) is 15.6. The van der Waals surface area contributed by atoms with Gasteiger partial charge in [-0.25, -0.2) is 4.79 Å². The molecule has 1 atom stereocenters. The van der Waals surface area contributed by atoms with Gasteiger partial charge in [0.05, 0.1) is 19.3 Å². The van der Waals surface area contributed by atoms with Crippen LogP contribution in [0.3, 0.4) is 0 Å². The molecule has 0 aliphatic heterocycles. The van der Waals surface area contributed by atoms with E-state index in [9.17, 15) is 4.79 Å². The molecular weight excluding hydrogens is 296 g/mol. The molecule has 0 saturated heterocycles. The third kappa shape index (κ3) is 3.82. The molecule has 1 aliphatic rings. The van der Waals surface area contributed by atoms with E-state index in [0.29, 0.717) is 24.5 Å². The van der Waals surface area contributed by atoms with Crippen molar-refractivity contribution >= 4 is 14.3 Å². The van der Waals surface area contributed by atoms with Crippen molar-refractivity contribution in [2.24, 2.45) is 5.41 Å². The zero-order chi connectivity index (χ0) is 17.2. The van der Waals surface area contributed by atoms with E-state index in [0.717, 1.165) is 0 Å². The first-order valence-electron chi connectivity index (χ1n) is 7.77. The van der Waals surface area contributed by atoms with E-state index in [1.54, 1.807) is 14.0 Å². The molecule has 0 bridgehead atoms. The zero-order valence-corrected chi connectivity index (χ0v) is 16.2. The molecule has 0 aromatic carbocycles. The number of esters is 1. The summed E-state index contributed by atoms with van der Waals surface area (Å²) in [6, 6.07) is 0. The number of hydrogen-bond acceptors (Lipinski definition) is 4. The predicted octanol–water partition coefficient (Wildman–Crippen LogP) is 4.05. The minimum atomic E-state index is -1.88. The lowest BCUT2D eigenvalue weighted by Gasteiger charge is -2.39. The molecule has 1 aliphatic carbocycles. The molecule has 126 valence electrons. The van der Waals surface area contributed by atoms with Crippen molar-refractivity contribution in [3.05, 3.63) is 23.5 Å². The maximum atomic E-state index is 12.3. The number of methoxy groups -OCH3 is 1. The van der Waals surface area contributed by atoms with Crippen molar-refractivity contribution in [2.45, 2.75) is 52.8 Å². The van der Waals surface area contributed by atoms with E-state index in [2.05, 4.69) is 33.9 Å². The van der Waals surface area contributed by atoms with Gasteiger partial charge in [-0.15, -0.1) is 0 Å². The second-order valence-corrected chi connectivity index (χ2v) is 12.3. The molecule has 0 unspecified atom stereocenters. The van der Waals surface area contributed by atoms with Crippen molar-refractivity contribution in [3.8, 4) is 0 Å². The third-order valence-electron chi connectivity index (χ3n) is 4.66. The van der Waals surface area contributed by atoms with Crippen LogP contribution in [0.2, 0.25) is 18.1 Å². The molecule has 0 saturated carbocycles. The summed E-state index contributed by atoms with van der Waals surface area (Å²) in [6.07, 6.45) is 3.81. The Hall–Kier alpha value is -1.07. The highest BCUT2D eigenvalue weighted by Crippen LogP contribution is 2.42. The lowest BCUT2D eigenvalue weighted by atomic mass is 9.85. The van der Waals surface area contributed by atoms with Gasteiger partial charge in [-0.05, 0) is 38.1 Å². The zero-order valence-electron chi connectivity index (χ0n) is 15.2. The highest BCUT2D eigenvalue weighted by atomic mass is 28.4. The summed E-state index contributed by atoms with van der Waals surface area (Å²) in [5, 5.41) is 0.129. The summed E-state index contributed by atoms with van der Waals surface area (Å²) in [5.74, 6) is 0.241. The molecule has 0 radical (unpaired) electrons. The number of carbonyl (C=O) groups excluding carboxylic acids is 1. The van der Waals surface area contributed by atoms with Crippen molar-refractivity contribution in [3.63, 3.8) is 0 Å². The highest BCUT2D eigenvalue weighted by Gasteiger charge is 2.43. The molecule has 4 nitrogen and oxygen atoms in total. The third-order valence-corrected chi connectivity index (χ3v) is 9.14. The maximum absolute atomic E-state index is 12.3. The predicted molar refractivity (Wildman–Crippen MR) is 91.1 cm³/mol. The normalized spacial score (nSPS) is 22.2. The van der Waals surface area contributed by atoms with E-state index >= 15 is 0 Å². The molecular formula is C17H30O4Si. The summed E-state index contributed by atoms with van der Waals surface area (Å²) in [7, 11) is -0.315. The molecule has 0 heterocycles. The van der Waals surface area contributed by atoms with Crippen molar-refractivity contribution in [1.82, 2.24) is 0 Å². The number of carbonyl (C=O) groups is 1. The minimum Gasteiger partial charge on any atom is -0.496 e. The Kier molecular flexibility index (Phi) is 5.68. The Morgan fingerprint density at radius 1 is 1.32 bits per heavy atom. The van der Waals surface area contributed by atoms with Crippen LogP contribution in [0.1, 0.15) is 34.6 Å². The smallest absolute Gasteiger partial charge is 0.338 e. The summed E-state index contributed by atoms with van der Waals surface area (Å²) >= 11 is 0. The van der Waals surface area contributed by atoms with Gasteiger partial charge in [0.15, 0.2) is 8.32 Å². The quantitative estimate of drug-likeness (QED) is 0.546. The van der Waals surface area contributed by atoms with Crippen LogP contribution in [0, 0.1) is 5.41 Å². The minimum absolute atomic E-state index is 0.129. The summed E-state index contributed by atoms with van der Waals surface area (Å²) in [5.41, 5.74) is 0.0446. The Morgan fingerprint density at radius 3 is 2.36 bits per heavy atom. The fraction of sp³-hybridized carbons (Fsp3) is 0.706. The van der Waals surface area contributed by atoms with Crippen LogP contribution in [0.4, 0.5) is 0 Å². The standard InChI is InChI=1S/C17H30O4Si/c1-9-20-15(18)14-13(19-6)10-11-17(14,5)12-21-22(7,8)16(2,3)4/h10-11H,9,12H2,1-8H3/t17-/m1/s1. The average Bonchev–Trinajstić information content (AvgIpc) is 2.73. The van der Waals surface area contributed by atoms with E-state index in [-0.39, 0.29) is 11.0 Å². The largest absolute Gasteiger partial charge is 0.496 e. The van der Waals surface area contributed by atoms with Gasteiger partial charge in [0, 0.05) is 12.0 Å². The van der Waals surface area contributed by atoms with E-state index < -0.39 is 13.7 Å². The molecule has 0 aromatic heterocycles. The van der Waals surface area contributed by atoms with Crippen LogP contribution in [0.25, 0.3) is 0 Å². The van der Waals surface area contributed by atoms with Crippen LogP contribution in [-0.2, 0) is 18.7 Å². The first-order chi connectivity index (χ1) is 9.98. The van der Waals surface area contributed by atoms with Crippen molar-refractivity contribution < 1.29 is 18.7 Å². The van der Waals surface area contributed by atoms with Gasteiger partial charge in [0.1, 0.15) is 5.76 Å². The lowest BCUT2D eigenvalue weighted by Crippen LogP contribution is -2.44. The molecule has 0 fully saturated rings. The van der Waals surface area contributed by atoms with Gasteiger partial charge in [0.25, 0.3) is 0 Å². The van der Waals surface area contributed by atoms with E-state index in [1.165, 1.54) is 0 Å². The second-order valence-electron chi connectivity index (χ2n) is 7.46. The maximum Gasteiger partial charge on any atom is 0.338 e. The second kappa shape index (κ2) is 6.58. The van der Waals surface area contributed by atoms with Gasteiger partial charge >= 0.3 is 5.97 Å². The topological polar surface area (TPSA) is 44.8 Å². The molecule has 0 amide bonds. The number of hydrogen-bond donors (Lipinski definition) is 0. The fourth-order valence-corrected chi connectivity index (χ4v) is 3.18. The fourth-order valence-electron chi connectivity index (χ4n) is 2.08. The number of rotatable bonds is 6. The van der Waals surface area contributed by atoms with Crippen LogP contribution < -0.4 is 0 Å². The summed E-state index contributed by atoms with van der Waals surface area (Å²) < 4.78 is 16.8. The number of allylic oxidation sites excluding steroid dienone is 1. The van der Waals surface area contributed by atoms with Gasteiger partial charge in [-0.3, -0.25) is 0 Å². The molecule has 0 aromatic rings. The van der Waals surface area contributed by atoms with E-state index in [1.807, 2.05) is 19.1 Å². The molecule has 5 heteroatoms. The first kappa shape index (κ1) is 19.0. The Bertz CT molecular complexity index is 485. The van der Waals surface area contributed by atoms with Crippen LogP contribution in [0.5, 0.6) is 0 Å². The molecule has 1 rings (SSSR count).